The van der Waals surface area contributed by atoms with Crippen LogP contribution in [0.15, 0.2) is 97.1 Å². The number of rotatable bonds is 11. The summed E-state index contributed by atoms with van der Waals surface area (Å²) in [5.41, 5.74) is 16.5. The van der Waals surface area contributed by atoms with E-state index in [-0.39, 0.29) is 0 Å². The van der Waals surface area contributed by atoms with Gasteiger partial charge in [-0.2, -0.15) is 0 Å². The lowest BCUT2D eigenvalue weighted by atomic mass is 9.98. The quantitative estimate of drug-likeness (QED) is 0.126. The van der Waals surface area contributed by atoms with Gasteiger partial charge in [0.1, 0.15) is 0 Å². The van der Waals surface area contributed by atoms with Crippen LogP contribution in [0, 0.1) is 31.3 Å². The van der Waals surface area contributed by atoms with E-state index in [1.807, 2.05) is 0 Å². The van der Waals surface area contributed by atoms with Crippen LogP contribution in [0.5, 0.6) is 0 Å². The van der Waals surface area contributed by atoms with Gasteiger partial charge in [0.25, 0.3) is 0 Å². The second-order valence-corrected chi connectivity index (χ2v) is 13.5. The molecule has 0 N–H and O–H groups in total. The topological polar surface area (TPSA) is 6.48 Å². The molecule has 0 saturated carbocycles. The van der Waals surface area contributed by atoms with Crippen molar-refractivity contribution in [3.63, 3.8) is 0 Å². The molecule has 0 atom stereocenters. The van der Waals surface area contributed by atoms with Gasteiger partial charge in [0, 0.05) is 26.3 Å². The van der Waals surface area contributed by atoms with Gasteiger partial charge in [-0.1, -0.05) is 63.6 Å². The highest BCUT2D eigenvalue weighted by Crippen LogP contribution is 2.43. The van der Waals surface area contributed by atoms with Gasteiger partial charge in [0.05, 0.1) is 11.4 Å². The van der Waals surface area contributed by atoms with Gasteiger partial charge >= 0.3 is 0 Å². The summed E-state index contributed by atoms with van der Waals surface area (Å²) in [6.45, 7) is 15.7. The maximum absolute atomic E-state index is 2.44. The molecule has 0 bridgehead atoms. The molecule has 232 valence electrons. The number of anilines is 6. The van der Waals surface area contributed by atoms with E-state index in [1.165, 1.54) is 78.1 Å². The molecule has 2 nitrogen and oxygen atoms in total. The van der Waals surface area contributed by atoms with Crippen LogP contribution in [0.1, 0.15) is 72.6 Å². The second-order valence-electron chi connectivity index (χ2n) is 12.3. The number of hydrogen-bond donors (Lipinski definition) is 0. The number of hydrogen-bond acceptors (Lipinski definition) is 2. The van der Waals surface area contributed by atoms with Crippen LogP contribution < -0.4 is 9.80 Å². The molecule has 0 spiro atoms. The Bertz CT molecular complexity index is 1690. The normalized spacial score (nSPS) is 11.1. The largest absolute Gasteiger partial charge is 0.310 e. The van der Waals surface area contributed by atoms with Crippen molar-refractivity contribution < 1.29 is 0 Å². The highest BCUT2D eigenvalue weighted by molar-refractivity contribution is 14.1. The average molecular weight is 707 g/mol. The standard InChI is InChI=1S/C42H47IN2/c1-8-11-12-35-25-29(4)41(30(5)26-35)44(37-17-13-33(9-2)14-18-37)39-21-23-40(24-22-39)45(38-19-15-34(10-3)16-20-38)42-31(6)27-36(43)28-32(42)7/h13-28H,8-12H2,1-7H3. The summed E-state index contributed by atoms with van der Waals surface area (Å²) < 4.78 is 1.26. The number of halogens is 1. The Morgan fingerprint density at radius 3 is 1.13 bits per heavy atom. The maximum Gasteiger partial charge on any atom is 0.0520 e. The van der Waals surface area contributed by atoms with Crippen LogP contribution in [0.4, 0.5) is 34.1 Å². The molecule has 0 fully saturated rings. The molecule has 0 heterocycles. The molecule has 0 unspecified atom stereocenters. The van der Waals surface area contributed by atoms with Crippen molar-refractivity contribution in [3.05, 3.63) is 140 Å². The molecule has 45 heavy (non-hydrogen) atoms. The van der Waals surface area contributed by atoms with Crippen molar-refractivity contribution in [1.29, 1.82) is 0 Å². The Balaban J connectivity index is 1.64. The molecular weight excluding hydrogens is 659 g/mol. The molecule has 5 aromatic rings. The zero-order valence-electron chi connectivity index (χ0n) is 28.0. The Hall–Kier alpha value is -3.57. The molecule has 0 aromatic heterocycles. The fraction of sp³-hybridized carbons (Fsp3) is 0.286. The summed E-state index contributed by atoms with van der Waals surface area (Å²) in [7, 11) is 0. The van der Waals surface area contributed by atoms with E-state index in [9.17, 15) is 0 Å². The van der Waals surface area contributed by atoms with Crippen molar-refractivity contribution in [1.82, 2.24) is 0 Å². The van der Waals surface area contributed by atoms with E-state index in [0.717, 1.165) is 30.6 Å². The van der Waals surface area contributed by atoms with Gasteiger partial charge in [0.2, 0.25) is 0 Å². The molecule has 5 rings (SSSR count). The van der Waals surface area contributed by atoms with Gasteiger partial charge in [-0.25, -0.2) is 0 Å². The first kappa shape index (κ1) is 32.8. The first-order valence-corrected chi connectivity index (χ1v) is 17.6. The van der Waals surface area contributed by atoms with E-state index >= 15 is 0 Å². The third-order valence-electron chi connectivity index (χ3n) is 8.84. The van der Waals surface area contributed by atoms with Gasteiger partial charge in [-0.05, 0) is 176 Å². The maximum atomic E-state index is 2.44. The predicted octanol–water partition coefficient (Wildman–Crippen LogP) is 12.9. The van der Waals surface area contributed by atoms with E-state index < -0.39 is 0 Å². The summed E-state index contributed by atoms with van der Waals surface area (Å²) in [5, 5.41) is 0. The number of aryl methyl sites for hydroxylation is 7. The lowest BCUT2D eigenvalue weighted by Crippen LogP contribution is -2.15. The van der Waals surface area contributed by atoms with Crippen molar-refractivity contribution in [2.24, 2.45) is 0 Å². The van der Waals surface area contributed by atoms with Crippen LogP contribution in [-0.2, 0) is 19.3 Å². The van der Waals surface area contributed by atoms with Crippen LogP contribution in [0.25, 0.3) is 0 Å². The van der Waals surface area contributed by atoms with E-state index in [1.54, 1.807) is 0 Å². The monoisotopic (exact) mass is 706 g/mol. The van der Waals surface area contributed by atoms with Gasteiger partial charge in [-0.3, -0.25) is 0 Å². The molecule has 0 radical (unpaired) electrons. The fourth-order valence-electron chi connectivity index (χ4n) is 6.51. The SMILES string of the molecule is CCCCc1cc(C)c(N(c2ccc(CC)cc2)c2ccc(N(c3ccc(CC)cc3)c3c(C)cc(I)cc3C)cc2)c(C)c1. The zero-order valence-corrected chi connectivity index (χ0v) is 30.2. The predicted molar refractivity (Wildman–Crippen MR) is 205 cm³/mol. The van der Waals surface area contributed by atoms with Gasteiger partial charge < -0.3 is 9.80 Å². The highest BCUT2D eigenvalue weighted by atomic mass is 127. The van der Waals surface area contributed by atoms with E-state index in [0.29, 0.717) is 0 Å². The Labute approximate surface area is 285 Å². The Morgan fingerprint density at radius 2 is 0.800 bits per heavy atom. The van der Waals surface area contributed by atoms with Crippen LogP contribution in [0.3, 0.4) is 0 Å². The number of benzene rings is 5. The first-order valence-electron chi connectivity index (χ1n) is 16.5. The molecule has 0 aliphatic heterocycles. The minimum atomic E-state index is 1.03. The summed E-state index contributed by atoms with van der Waals surface area (Å²) in [6.07, 6.45) is 5.63. The minimum Gasteiger partial charge on any atom is -0.310 e. The van der Waals surface area contributed by atoms with E-state index in [4.69, 9.17) is 0 Å². The van der Waals surface area contributed by atoms with Crippen LogP contribution in [0.2, 0.25) is 0 Å². The minimum absolute atomic E-state index is 1.03. The van der Waals surface area contributed by atoms with Crippen molar-refractivity contribution >= 4 is 56.7 Å². The third kappa shape index (κ3) is 7.30. The Morgan fingerprint density at radius 1 is 0.467 bits per heavy atom. The molecule has 0 saturated heterocycles. The Kier molecular flexibility index (Phi) is 10.7. The summed E-state index contributed by atoms with van der Waals surface area (Å²) in [5.74, 6) is 0. The summed E-state index contributed by atoms with van der Waals surface area (Å²) >= 11 is 2.43. The van der Waals surface area contributed by atoms with Gasteiger partial charge in [-0.15, -0.1) is 0 Å². The highest BCUT2D eigenvalue weighted by Gasteiger charge is 2.21. The van der Waals surface area contributed by atoms with Crippen LogP contribution in [-0.4, -0.2) is 0 Å². The number of nitrogens with zero attached hydrogens (tertiary/aromatic N) is 2. The van der Waals surface area contributed by atoms with E-state index in [2.05, 4.69) is 178 Å². The van der Waals surface area contributed by atoms with Crippen LogP contribution >= 0.6 is 22.6 Å². The van der Waals surface area contributed by atoms with Crippen molar-refractivity contribution in [3.8, 4) is 0 Å². The zero-order chi connectivity index (χ0) is 32.1. The molecular formula is C42H47IN2. The third-order valence-corrected chi connectivity index (χ3v) is 9.47. The molecule has 0 amide bonds. The average Bonchev–Trinajstić information content (AvgIpc) is 3.04. The fourth-order valence-corrected chi connectivity index (χ4v) is 7.44. The summed E-state index contributed by atoms with van der Waals surface area (Å²) in [6, 6.07) is 36.6. The number of unbranched alkanes of at least 4 members (excludes halogenated alkanes) is 1. The van der Waals surface area contributed by atoms with Crippen molar-refractivity contribution in [2.45, 2.75) is 80.6 Å². The summed E-state index contributed by atoms with van der Waals surface area (Å²) in [4.78, 5) is 4.86. The lowest BCUT2D eigenvalue weighted by molar-refractivity contribution is 0.794. The smallest absolute Gasteiger partial charge is 0.0520 e. The molecule has 0 aliphatic rings. The molecule has 0 aliphatic carbocycles. The molecule has 5 aromatic carbocycles. The first-order chi connectivity index (χ1) is 21.7. The lowest BCUT2D eigenvalue weighted by Gasteiger charge is -2.31. The van der Waals surface area contributed by atoms with Crippen molar-refractivity contribution in [2.75, 3.05) is 9.80 Å². The molecule has 3 heteroatoms. The van der Waals surface area contributed by atoms with Gasteiger partial charge in [0.15, 0.2) is 0 Å². The second kappa shape index (κ2) is 14.7.